The number of hydrogen-bond donors (Lipinski definition) is 1. The van der Waals surface area contributed by atoms with Gasteiger partial charge >= 0.3 is 0 Å². The topological polar surface area (TPSA) is 49.0 Å². The monoisotopic (exact) mass is 291 g/mol. The first-order chi connectivity index (χ1) is 10.6. The zero-order chi connectivity index (χ0) is 15.5. The third-order valence-electron chi connectivity index (χ3n) is 3.47. The molecule has 1 aromatic heterocycles. The van der Waals surface area contributed by atoms with Crippen LogP contribution in [0.3, 0.4) is 0 Å². The molecule has 0 saturated heterocycles. The number of nitrogens with one attached hydrogen (secondary N) is 1. The molecule has 4 nitrogen and oxygen atoms in total. The van der Waals surface area contributed by atoms with Crippen molar-refractivity contribution in [3.8, 4) is 0 Å². The van der Waals surface area contributed by atoms with Crippen LogP contribution in [0.4, 0.5) is 5.69 Å². The van der Waals surface area contributed by atoms with Gasteiger partial charge in [-0.1, -0.05) is 30.3 Å². The second-order valence-electron chi connectivity index (χ2n) is 5.29. The molecule has 0 fully saturated rings. The Balaban J connectivity index is 1.91. The highest BCUT2D eigenvalue weighted by molar-refractivity contribution is 5.76. The summed E-state index contributed by atoms with van der Waals surface area (Å²) in [6.45, 7) is 0. The second kappa shape index (κ2) is 5.85. The highest BCUT2D eigenvalue weighted by Gasteiger charge is 2.01. The van der Waals surface area contributed by atoms with E-state index in [-0.39, 0.29) is 5.56 Å². The van der Waals surface area contributed by atoms with Crippen LogP contribution < -0.4 is 10.5 Å². The Morgan fingerprint density at radius 1 is 1.00 bits per heavy atom. The summed E-state index contributed by atoms with van der Waals surface area (Å²) in [6, 6.07) is 15.6. The summed E-state index contributed by atoms with van der Waals surface area (Å²) >= 11 is 0. The van der Waals surface area contributed by atoms with Gasteiger partial charge in [0.05, 0.1) is 11.0 Å². The van der Waals surface area contributed by atoms with Crippen LogP contribution in [-0.4, -0.2) is 24.1 Å². The molecular weight excluding hydrogens is 274 g/mol. The van der Waals surface area contributed by atoms with Crippen LogP contribution >= 0.6 is 0 Å². The number of aromatic amines is 1. The van der Waals surface area contributed by atoms with Gasteiger partial charge in [0.25, 0.3) is 5.56 Å². The predicted molar refractivity (Wildman–Crippen MR) is 92.1 cm³/mol. The van der Waals surface area contributed by atoms with Crippen molar-refractivity contribution in [3.05, 3.63) is 70.1 Å². The predicted octanol–water partition coefficient (Wildman–Crippen LogP) is 3.16. The smallest absolute Gasteiger partial charge is 0.274 e. The van der Waals surface area contributed by atoms with E-state index in [1.54, 1.807) is 6.08 Å². The molecule has 0 aliphatic heterocycles. The quantitative estimate of drug-likeness (QED) is 0.806. The second-order valence-corrected chi connectivity index (χ2v) is 5.29. The Morgan fingerprint density at radius 3 is 2.45 bits per heavy atom. The molecule has 2 aromatic carbocycles. The zero-order valence-corrected chi connectivity index (χ0v) is 12.6. The fraction of sp³-hybridized carbons (Fsp3) is 0.111. The molecule has 3 aromatic rings. The fourth-order valence-corrected chi connectivity index (χ4v) is 2.22. The number of para-hydroxylation sites is 2. The highest BCUT2D eigenvalue weighted by Crippen LogP contribution is 2.14. The fourth-order valence-electron chi connectivity index (χ4n) is 2.22. The summed E-state index contributed by atoms with van der Waals surface area (Å²) in [5.41, 5.74) is 3.93. The first-order valence-electron chi connectivity index (χ1n) is 7.08. The number of anilines is 1. The molecule has 0 aliphatic carbocycles. The van der Waals surface area contributed by atoms with Crippen LogP contribution in [0.5, 0.6) is 0 Å². The minimum atomic E-state index is -0.181. The Hall–Kier alpha value is -2.88. The van der Waals surface area contributed by atoms with E-state index in [1.807, 2.05) is 73.6 Å². The lowest BCUT2D eigenvalue weighted by Gasteiger charge is -2.11. The van der Waals surface area contributed by atoms with Gasteiger partial charge in [0.2, 0.25) is 0 Å². The first-order valence-corrected chi connectivity index (χ1v) is 7.08. The third-order valence-corrected chi connectivity index (χ3v) is 3.47. The van der Waals surface area contributed by atoms with Crippen LogP contribution in [0.2, 0.25) is 0 Å². The van der Waals surface area contributed by atoms with Gasteiger partial charge in [-0.05, 0) is 35.9 Å². The van der Waals surface area contributed by atoms with Gasteiger partial charge in [-0.15, -0.1) is 0 Å². The maximum atomic E-state index is 12.0. The van der Waals surface area contributed by atoms with E-state index < -0.39 is 0 Å². The number of benzene rings is 2. The first kappa shape index (κ1) is 14.1. The SMILES string of the molecule is CN(C)c1ccc(/C=C/c2nc3ccccc3[nH]c2=O)cc1. The molecular formula is C18H17N3O. The van der Waals surface area contributed by atoms with Crippen LogP contribution in [-0.2, 0) is 0 Å². The summed E-state index contributed by atoms with van der Waals surface area (Å²) in [5.74, 6) is 0. The van der Waals surface area contributed by atoms with Crippen LogP contribution in [0, 0.1) is 0 Å². The minimum absolute atomic E-state index is 0.181. The number of hydrogen-bond acceptors (Lipinski definition) is 3. The third kappa shape index (κ3) is 2.91. The molecule has 1 N–H and O–H groups in total. The van der Waals surface area contributed by atoms with Crippen molar-refractivity contribution in [2.24, 2.45) is 0 Å². The van der Waals surface area contributed by atoms with E-state index in [0.29, 0.717) is 5.69 Å². The molecule has 4 heteroatoms. The van der Waals surface area contributed by atoms with E-state index in [9.17, 15) is 4.79 Å². The summed E-state index contributed by atoms with van der Waals surface area (Å²) in [5, 5.41) is 0. The van der Waals surface area contributed by atoms with E-state index in [2.05, 4.69) is 9.97 Å². The van der Waals surface area contributed by atoms with Crippen LogP contribution in [0.15, 0.2) is 53.3 Å². The van der Waals surface area contributed by atoms with Crippen molar-refractivity contribution < 1.29 is 0 Å². The number of nitrogens with zero attached hydrogens (tertiary/aromatic N) is 2. The largest absolute Gasteiger partial charge is 0.378 e. The summed E-state index contributed by atoms with van der Waals surface area (Å²) < 4.78 is 0. The molecule has 0 aliphatic rings. The Bertz CT molecular complexity index is 877. The van der Waals surface area contributed by atoms with E-state index in [1.165, 1.54) is 0 Å². The lowest BCUT2D eigenvalue weighted by molar-refractivity contribution is 1.13. The molecule has 1 heterocycles. The minimum Gasteiger partial charge on any atom is -0.378 e. The Labute approximate surface area is 128 Å². The van der Waals surface area contributed by atoms with Crippen molar-refractivity contribution in [1.29, 1.82) is 0 Å². The number of aromatic nitrogens is 2. The van der Waals surface area contributed by atoms with Gasteiger partial charge in [-0.3, -0.25) is 4.79 Å². The zero-order valence-electron chi connectivity index (χ0n) is 12.6. The molecule has 0 amide bonds. The van der Waals surface area contributed by atoms with E-state index in [4.69, 9.17) is 0 Å². The van der Waals surface area contributed by atoms with Crippen molar-refractivity contribution >= 4 is 28.9 Å². The molecule has 0 unspecified atom stereocenters. The number of rotatable bonds is 3. The lowest BCUT2D eigenvalue weighted by atomic mass is 10.1. The normalized spacial score (nSPS) is 11.2. The van der Waals surface area contributed by atoms with Gasteiger partial charge < -0.3 is 9.88 Å². The van der Waals surface area contributed by atoms with E-state index >= 15 is 0 Å². The summed E-state index contributed by atoms with van der Waals surface area (Å²) in [6.07, 6.45) is 3.64. The summed E-state index contributed by atoms with van der Waals surface area (Å²) in [4.78, 5) is 21.3. The van der Waals surface area contributed by atoms with Crippen molar-refractivity contribution in [2.75, 3.05) is 19.0 Å². The average molecular weight is 291 g/mol. The molecule has 22 heavy (non-hydrogen) atoms. The van der Waals surface area contributed by atoms with Gasteiger partial charge in [0.1, 0.15) is 5.69 Å². The average Bonchev–Trinajstić information content (AvgIpc) is 2.53. The van der Waals surface area contributed by atoms with Crippen LogP contribution in [0.25, 0.3) is 23.2 Å². The molecule has 110 valence electrons. The number of H-pyrrole nitrogens is 1. The lowest BCUT2D eigenvalue weighted by Crippen LogP contribution is -2.11. The molecule has 3 rings (SSSR count). The van der Waals surface area contributed by atoms with Crippen molar-refractivity contribution in [3.63, 3.8) is 0 Å². The Morgan fingerprint density at radius 2 is 1.73 bits per heavy atom. The maximum absolute atomic E-state index is 12.0. The van der Waals surface area contributed by atoms with Gasteiger partial charge in [-0.25, -0.2) is 4.98 Å². The van der Waals surface area contributed by atoms with Gasteiger partial charge in [0.15, 0.2) is 0 Å². The molecule has 0 spiro atoms. The summed E-state index contributed by atoms with van der Waals surface area (Å²) in [7, 11) is 4.01. The van der Waals surface area contributed by atoms with Gasteiger partial charge in [0, 0.05) is 19.8 Å². The number of fused-ring (bicyclic) bond motifs is 1. The maximum Gasteiger partial charge on any atom is 0.274 e. The van der Waals surface area contributed by atoms with E-state index in [0.717, 1.165) is 22.3 Å². The van der Waals surface area contributed by atoms with Crippen molar-refractivity contribution in [1.82, 2.24) is 9.97 Å². The van der Waals surface area contributed by atoms with Crippen molar-refractivity contribution in [2.45, 2.75) is 0 Å². The Kier molecular flexibility index (Phi) is 3.74. The molecule has 0 saturated carbocycles. The molecule has 0 bridgehead atoms. The van der Waals surface area contributed by atoms with Crippen LogP contribution in [0.1, 0.15) is 11.3 Å². The molecule has 0 radical (unpaired) electrons. The van der Waals surface area contributed by atoms with Gasteiger partial charge in [-0.2, -0.15) is 0 Å². The molecule has 0 atom stereocenters. The highest BCUT2D eigenvalue weighted by atomic mass is 16.1. The standard InChI is InChI=1S/C18H17N3O/c1-21(2)14-10-7-13(8-11-14)9-12-17-18(22)20-16-6-4-3-5-15(16)19-17/h3-12H,1-2H3,(H,20,22)/b12-9+.